The van der Waals surface area contributed by atoms with Gasteiger partial charge >= 0.3 is 5.97 Å². The fraction of sp³-hybridized carbons (Fsp3) is 0.235. The van der Waals surface area contributed by atoms with Crippen LogP contribution in [0.1, 0.15) is 21.5 Å². The van der Waals surface area contributed by atoms with Crippen LogP contribution in [-0.4, -0.2) is 29.6 Å². The Balaban J connectivity index is 2.01. The molecule has 0 aliphatic heterocycles. The Morgan fingerprint density at radius 2 is 1.90 bits per heavy atom. The summed E-state index contributed by atoms with van der Waals surface area (Å²) in [5.41, 5.74) is 1.88. The first-order valence-electron chi connectivity index (χ1n) is 6.80. The third-order valence-corrected chi connectivity index (χ3v) is 3.36. The van der Waals surface area contributed by atoms with E-state index in [2.05, 4.69) is 12.1 Å². The average molecular weight is 287 g/mol. The quantitative estimate of drug-likeness (QED) is 0.887. The van der Waals surface area contributed by atoms with Crippen LogP contribution in [0.2, 0.25) is 0 Å². The summed E-state index contributed by atoms with van der Waals surface area (Å²) >= 11 is 0. The van der Waals surface area contributed by atoms with Gasteiger partial charge in [0.2, 0.25) is 0 Å². The molecule has 1 N–H and O–H groups in total. The molecule has 2 aromatic rings. The minimum Gasteiger partial charge on any atom is -0.478 e. The molecule has 0 heterocycles. The van der Waals surface area contributed by atoms with Gasteiger partial charge in [-0.15, -0.1) is 0 Å². The number of hydrogen-bond acceptors (Lipinski definition) is 2. The van der Waals surface area contributed by atoms with E-state index in [0.717, 1.165) is 13.0 Å². The number of benzene rings is 2. The molecule has 0 aromatic heterocycles. The van der Waals surface area contributed by atoms with Gasteiger partial charge in [-0.3, -0.25) is 0 Å². The Morgan fingerprint density at radius 1 is 1.19 bits per heavy atom. The molecule has 0 saturated heterocycles. The summed E-state index contributed by atoms with van der Waals surface area (Å²) < 4.78 is 13.3. The van der Waals surface area contributed by atoms with Crippen LogP contribution in [0.3, 0.4) is 0 Å². The fourth-order valence-corrected chi connectivity index (χ4v) is 2.24. The van der Waals surface area contributed by atoms with E-state index in [1.807, 2.05) is 30.1 Å². The zero-order valence-corrected chi connectivity index (χ0v) is 11.9. The van der Waals surface area contributed by atoms with Gasteiger partial charge in [0.15, 0.2) is 0 Å². The van der Waals surface area contributed by atoms with Crippen LogP contribution in [-0.2, 0) is 13.0 Å². The molecular weight excluding hydrogens is 269 g/mol. The summed E-state index contributed by atoms with van der Waals surface area (Å²) in [6.45, 7) is 1.19. The fourth-order valence-electron chi connectivity index (χ4n) is 2.24. The lowest BCUT2D eigenvalue weighted by molar-refractivity contribution is 0.0694. The maximum atomic E-state index is 13.3. The van der Waals surface area contributed by atoms with Crippen molar-refractivity contribution in [1.82, 2.24) is 4.90 Å². The van der Waals surface area contributed by atoms with Crippen LogP contribution in [0.25, 0.3) is 0 Å². The molecular formula is C17H18FNO2. The van der Waals surface area contributed by atoms with Gasteiger partial charge in [0.05, 0.1) is 5.56 Å². The van der Waals surface area contributed by atoms with Crippen molar-refractivity contribution in [3.63, 3.8) is 0 Å². The predicted molar refractivity (Wildman–Crippen MR) is 79.8 cm³/mol. The molecule has 4 heteroatoms. The summed E-state index contributed by atoms with van der Waals surface area (Å²) in [6.07, 6.45) is 0.870. The monoisotopic (exact) mass is 287 g/mol. The number of carboxylic acid groups (broad SMARTS) is 1. The van der Waals surface area contributed by atoms with Crippen LogP contribution >= 0.6 is 0 Å². The number of nitrogens with zero attached hydrogens (tertiary/aromatic N) is 1. The molecule has 0 aliphatic rings. The SMILES string of the molecule is CN(CCc1ccccc1)Cc1cc(F)ccc1C(=O)O. The van der Waals surface area contributed by atoms with Crippen LogP contribution in [0, 0.1) is 5.82 Å². The molecule has 0 atom stereocenters. The maximum Gasteiger partial charge on any atom is 0.336 e. The zero-order valence-electron chi connectivity index (χ0n) is 11.9. The molecule has 3 nitrogen and oxygen atoms in total. The highest BCUT2D eigenvalue weighted by molar-refractivity contribution is 5.89. The van der Waals surface area contributed by atoms with E-state index in [1.54, 1.807) is 0 Å². The predicted octanol–water partition coefficient (Wildman–Crippen LogP) is 3.20. The van der Waals surface area contributed by atoms with E-state index in [-0.39, 0.29) is 5.56 Å². The van der Waals surface area contributed by atoms with Crippen LogP contribution < -0.4 is 0 Å². The second-order valence-electron chi connectivity index (χ2n) is 5.08. The van der Waals surface area contributed by atoms with Crippen molar-refractivity contribution in [2.24, 2.45) is 0 Å². The number of hydrogen-bond donors (Lipinski definition) is 1. The van der Waals surface area contributed by atoms with E-state index < -0.39 is 11.8 Å². The molecule has 0 bridgehead atoms. The molecule has 0 spiro atoms. The van der Waals surface area contributed by atoms with Crippen molar-refractivity contribution in [2.45, 2.75) is 13.0 Å². The van der Waals surface area contributed by atoms with Crippen molar-refractivity contribution in [1.29, 1.82) is 0 Å². The highest BCUT2D eigenvalue weighted by Crippen LogP contribution is 2.14. The number of likely N-dealkylation sites (N-methyl/N-ethyl adjacent to an activating group) is 1. The summed E-state index contributed by atoms with van der Waals surface area (Å²) in [4.78, 5) is 13.1. The lowest BCUT2D eigenvalue weighted by atomic mass is 10.1. The Kier molecular flexibility index (Phi) is 5.06. The smallest absolute Gasteiger partial charge is 0.336 e. The first-order valence-corrected chi connectivity index (χ1v) is 6.80. The first kappa shape index (κ1) is 15.2. The zero-order chi connectivity index (χ0) is 15.2. The van der Waals surface area contributed by atoms with Crippen molar-refractivity contribution in [2.75, 3.05) is 13.6 Å². The molecule has 0 fully saturated rings. The molecule has 0 unspecified atom stereocenters. The summed E-state index contributed by atoms with van der Waals surface area (Å²) in [6, 6.07) is 13.9. The van der Waals surface area contributed by atoms with Gasteiger partial charge in [0.25, 0.3) is 0 Å². The number of rotatable bonds is 6. The third-order valence-electron chi connectivity index (χ3n) is 3.36. The van der Waals surface area contributed by atoms with Gasteiger partial charge in [0.1, 0.15) is 5.82 Å². The number of carboxylic acids is 1. The van der Waals surface area contributed by atoms with E-state index in [1.165, 1.54) is 23.8 Å². The van der Waals surface area contributed by atoms with E-state index in [4.69, 9.17) is 5.11 Å². The Labute approximate surface area is 123 Å². The summed E-state index contributed by atoms with van der Waals surface area (Å²) in [5, 5.41) is 9.14. The van der Waals surface area contributed by atoms with Crippen molar-refractivity contribution in [3.8, 4) is 0 Å². The number of aromatic carboxylic acids is 1. The van der Waals surface area contributed by atoms with E-state index in [9.17, 15) is 9.18 Å². The minimum atomic E-state index is -1.03. The Bertz CT molecular complexity index is 613. The molecule has 2 aromatic carbocycles. The molecule has 0 radical (unpaired) electrons. The average Bonchev–Trinajstić information content (AvgIpc) is 2.46. The highest BCUT2D eigenvalue weighted by Gasteiger charge is 2.12. The van der Waals surface area contributed by atoms with Crippen LogP contribution in [0.4, 0.5) is 4.39 Å². The molecule has 0 saturated carbocycles. The van der Waals surface area contributed by atoms with Crippen molar-refractivity contribution < 1.29 is 14.3 Å². The van der Waals surface area contributed by atoms with E-state index >= 15 is 0 Å². The minimum absolute atomic E-state index is 0.156. The van der Waals surface area contributed by atoms with Gasteiger partial charge in [0, 0.05) is 13.1 Å². The van der Waals surface area contributed by atoms with Gasteiger partial charge in [-0.2, -0.15) is 0 Å². The summed E-state index contributed by atoms with van der Waals surface area (Å²) in [7, 11) is 1.90. The third kappa shape index (κ3) is 4.39. The Hall–Kier alpha value is -2.20. The van der Waals surface area contributed by atoms with Crippen molar-refractivity contribution in [3.05, 3.63) is 71.0 Å². The highest BCUT2D eigenvalue weighted by atomic mass is 19.1. The Morgan fingerprint density at radius 3 is 2.57 bits per heavy atom. The maximum absolute atomic E-state index is 13.3. The van der Waals surface area contributed by atoms with Crippen LogP contribution in [0.15, 0.2) is 48.5 Å². The van der Waals surface area contributed by atoms with Crippen LogP contribution in [0.5, 0.6) is 0 Å². The summed E-state index contributed by atoms with van der Waals surface area (Å²) in [5.74, 6) is -1.44. The van der Waals surface area contributed by atoms with Gasteiger partial charge < -0.3 is 10.0 Å². The largest absolute Gasteiger partial charge is 0.478 e. The number of carbonyl (C=O) groups is 1. The van der Waals surface area contributed by atoms with Gasteiger partial charge in [-0.25, -0.2) is 9.18 Å². The lowest BCUT2D eigenvalue weighted by Gasteiger charge is -2.18. The normalized spacial score (nSPS) is 10.8. The lowest BCUT2D eigenvalue weighted by Crippen LogP contribution is -2.22. The molecule has 21 heavy (non-hydrogen) atoms. The van der Waals surface area contributed by atoms with Gasteiger partial charge in [-0.1, -0.05) is 30.3 Å². The van der Waals surface area contributed by atoms with Gasteiger partial charge in [-0.05, 0) is 42.8 Å². The second-order valence-corrected chi connectivity index (χ2v) is 5.08. The standard InChI is InChI=1S/C17H18FNO2/c1-19(10-9-13-5-3-2-4-6-13)12-14-11-15(18)7-8-16(14)17(20)21/h2-8,11H,9-10,12H2,1H3,(H,20,21). The topological polar surface area (TPSA) is 40.5 Å². The van der Waals surface area contributed by atoms with Crippen molar-refractivity contribution >= 4 is 5.97 Å². The molecule has 0 aliphatic carbocycles. The van der Waals surface area contributed by atoms with E-state index in [0.29, 0.717) is 12.1 Å². The first-order chi connectivity index (χ1) is 10.1. The second kappa shape index (κ2) is 6.99. The molecule has 110 valence electrons. The molecule has 2 rings (SSSR count). The molecule has 0 amide bonds. The number of halogens is 1.